The van der Waals surface area contributed by atoms with Crippen LogP contribution in [-0.2, 0) is 6.54 Å². The summed E-state index contributed by atoms with van der Waals surface area (Å²) in [6.45, 7) is 4.67. The third kappa shape index (κ3) is 2.19. The summed E-state index contributed by atoms with van der Waals surface area (Å²) in [6, 6.07) is 1.92. The summed E-state index contributed by atoms with van der Waals surface area (Å²) in [5, 5.41) is 0. The van der Waals surface area contributed by atoms with E-state index in [1.807, 2.05) is 13.0 Å². The number of hydrazine groups is 1. The van der Waals surface area contributed by atoms with E-state index in [-0.39, 0.29) is 11.4 Å². The number of anilines is 1. The number of aromatic nitrogens is 3. The Morgan fingerprint density at radius 3 is 2.94 bits per heavy atom. The fourth-order valence-electron chi connectivity index (χ4n) is 1.85. The molecule has 0 saturated heterocycles. The van der Waals surface area contributed by atoms with Crippen LogP contribution in [0, 0.1) is 6.92 Å². The van der Waals surface area contributed by atoms with Crippen LogP contribution < -0.4 is 16.8 Å². The summed E-state index contributed by atoms with van der Waals surface area (Å²) in [7, 11) is 0. The highest BCUT2D eigenvalue weighted by Crippen LogP contribution is 2.12. The lowest BCUT2D eigenvalue weighted by Crippen LogP contribution is -2.28. The van der Waals surface area contributed by atoms with Gasteiger partial charge in [0.15, 0.2) is 5.65 Å². The number of fused-ring (bicyclic) bond motifs is 1. The molecule has 0 fully saturated rings. The minimum atomic E-state index is -0.203. The molecule has 0 saturated carbocycles. The largest absolute Gasteiger partial charge is 0.304 e. The fourth-order valence-corrected chi connectivity index (χ4v) is 1.85. The molecule has 0 aliphatic heterocycles. The Morgan fingerprint density at radius 1 is 1.50 bits per heavy atom. The summed E-state index contributed by atoms with van der Waals surface area (Å²) in [5.74, 6) is 5.45. The second-order valence-corrected chi connectivity index (χ2v) is 4.27. The SMILES string of the molecule is CCCCn1c(=O)c(NN)nc2ncc(C)cc21. The lowest BCUT2D eigenvalue weighted by Gasteiger charge is -2.11. The molecule has 2 aromatic heterocycles. The molecule has 0 unspecified atom stereocenters. The van der Waals surface area contributed by atoms with Crippen LogP contribution in [0.25, 0.3) is 11.2 Å². The predicted molar refractivity (Wildman–Crippen MR) is 71.3 cm³/mol. The first kappa shape index (κ1) is 12.5. The number of nitrogen functional groups attached to an aromatic ring is 1. The van der Waals surface area contributed by atoms with Crippen molar-refractivity contribution in [3.8, 4) is 0 Å². The van der Waals surface area contributed by atoms with Crippen molar-refractivity contribution < 1.29 is 0 Å². The Hall–Kier alpha value is -1.95. The van der Waals surface area contributed by atoms with E-state index in [0.29, 0.717) is 12.2 Å². The van der Waals surface area contributed by atoms with Crippen LogP contribution in [0.2, 0.25) is 0 Å². The van der Waals surface area contributed by atoms with Gasteiger partial charge in [-0.2, -0.15) is 0 Å². The smallest absolute Gasteiger partial charge is 0.295 e. The van der Waals surface area contributed by atoms with Gasteiger partial charge >= 0.3 is 0 Å². The van der Waals surface area contributed by atoms with Gasteiger partial charge < -0.3 is 9.99 Å². The van der Waals surface area contributed by atoms with E-state index in [0.717, 1.165) is 23.9 Å². The first-order chi connectivity index (χ1) is 8.67. The van der Waals surface area contributed by atoms with E-state index in [9.17, 15) is 4.79 Å². The van der Waals surface area contributed by atoms with Crippen LogP contribution in [-0.4, -0.2) is 14.5 Å². The van der Waals surface area contributed by atoms with Crippen LogP contribution in [0.3, 0.4) is 0 Å². The van der Waals surface area contributed by atoms with Crippen LogP contribution >= 0.6 is 0 Å². The normalized spacial score (nSPS) is 10.8. The second-order valence-electron chi connectivity index (χ2n) is 4.27. The Kier molecular flexibility index (Phi) is 3.57. The first-order valence-corrected chi connectivity index (χ1v) is 6.01. The van der Waals surface area contributed by atoms with E-state index in [1.165, 1.54) is 0 Å². The van der Waals surface area contributed by atoms with Crippen LogP contribution in [0.1, 0.15) is 25.3 Å². The number of nitrogens with one attached hydrogen (secondary N) is 1. The minimum absolute atomic E-state index is 0.134. The molecule has 6 heteroatoms. The van der Waals surface area contributed by atoms with Gasteiger partial charge in [-0.1, -0.05) is 13.3 Å². The highest BCUT2D eigenvalue weighted by molar-refractivity contribution is 5.72. The molecular weight excluding hydrogens is 230 g/mol. The highest BCUT2D eigenvalue weighted by atomic mass is 16.1. The number of aryl methyl sites for hydroxylation is 2. The molecule has 18 heavy (non-hydrogen) atoms. The molecule has 2 heterocycles. The van der Waals surface area contributed by atoms with Gasteiger partial charge in [-0.3, -0.25) is 4.79 Å². The number of unbranched alkanes of at least 4 members (excludes halogenated alkanes) is 1. The fraction of sp³-hybridized carbons (Fsp3) is 0.417. The third-order valence-corrected chi connectivity index (χ3v) is 2.81. The van der Waals surface area contributed by atoms with Crippen molar-refractivity contribution >= 4 is 17.0 Å². The van der Waals surface area contributed by atoms with Gasteiger partial charge in [0.1, 0.15) is 0 Å². The van der Waals surface area contributed by atoms with Crippen molar-refractivity contribution in [2.24, 2.45) is 5.84 Å². The van der Waals surface area contributed by atoms with Gasteiger partial charge in [-0.15, -0.1) is 0 Å². The van der Waals surface area contributed by atoms with Crippen molar-refractivity contribution in [3.63, 3.8) is 0 Å². The lowest BCUT2D eigenvalue weighted by molar-refractivity contribution is 0.629. The molecule has 0 spiro atoms. The number of nitrogens with two attached hydrogens (primary N) is 1. The molecule has 0 aromatic carbocycles. The average Bonchev–Trinajstić information content (AvgIpc) is 2.37. The zero-order valence-electron chi connectivity index (χ0n) is 10.6. The third-order valence-electron chi connectivity index (χ3n) is 2.81. The Labute approximate surface area is 105 Å². The summed E-state index contributed by atoms with van der Waals surface area (Å²) in [4.78, 5) is 20.5. The van der Waals surface area contributed by atoms with Gasteiger partial charge in [0.2, 0.25) is 5.82 Å². The average molecular weight is 247 g/mol. The Morgan fingerprint density at radius 2 is 2.28 bits per heavy atom. The molecule has 0 aliphatic carbocycles. The predicted octanol–water partition coefficient (Wildman–Crippen LogP) is 1.19. The molecule has 3 N–H and O–H groups in total. The number of hydrogen-bond donors (Lipinski definition) is 2. The van der Waals surface area contributed by atoms with Crippen molar-refractivity contribution in [1.29, 1.82) is 0 Å². The molecule has 0 bridgehead atoms. The van der Waals surface area contributed by atoms with Gasteiger partial charge in [0.25, 0.3) is 5.56 Å². The number of nitrogens with zero attached hydrogens (tertiary/aromatic N) is 3. The highest BCUT2D eigenvalue weighted by Gasteiger charge is 2.10. The first-order valence-electron chi connectivity index (χ1n) is 6.01. The Bertz CT molecular complexity index is 620. The summed E-state index contributed by atoms with van der Waals surface area (Å²) < 4.78 is 1.68. The van der Waals surface area contributed by atoms with Crippen LogP contribution in [0.15, 0.2) is 17.1 Å². The molecule has 96 valence electrons. The van der Waals surface area contributed by atoms with E-state index in [4.69, 9.17) is 5.84 Å². The topological polar surface area (TPSA) is 85.8 Å². The zero-order chi connectivity index (χ0) is 13.1. The minimum Gasteiger partial charge on any atom is -0.304 e. The summed E-state index contributed by atoms with van der Waals surface area (Å²) >= 11 is 0. The number of rotatable bonds is 4. The van der Waals surface area contributed by atoms with Gasteiger partial charge in [-0.25, -0.2) is 15.8 Å². The van der Waals surface area contributed by atoms with Crippen LogP contribution in [0.4, 0.5) is 5.82 Å². The van der Waals surface area contributed by atoms with Gasteiger partial charge in [0, 0.05) is 12.7 Å². The molecular formula is C12H17N5O. The van der Waals surface area contributed by atoms with Crippen molar-refractivity contribution in [3.05, 3.63) is 28.2 Å². The second kappa shape index (κ2) is 5.14. The van der Waals surface area contributed by atoms with E-state index >= 15 is 0 Å². The molecule has 2 aromatic rings. The lowest BCUT2D eigenvalue weighted by atomic mass is 10.2. The molecule has 0 atom stereocenters. The van der Waals surface area contributed by atoms with Crippen LogP contribution in [0.5, 0.6) is 0 Å². The molecule has 2 rings (SSSR count). The van der Waals surface area contributed by atoms with Gasteiger partial charge in [-0.05, 0) is 25.0 Å². The van der Waals surface area contributed by atoms with Gasteiger partial charge in [0.05, 0.1) is 5.52 Å². The quantitative estimate of drug-likeness (QED) is 0.626. The zero-order valence-corrected chi connectivity index (χ0v) is 10.6. The van der Waals surface area contributed by atoms with E-state index < -0.39 is 0 Å². The maximum absolute atomic E-state index is 12.2. The summed E-state index contributed by atoms with van der Waals surface area (Å²) in [6.07, 6.45) is 3.67. The molecule has 0 amide bonds. The van der Waals surface area contributed by atoms with Crippen molar-refractivity contribution in [2.75, 3.05) is 5.43 Å². The maximum atomic E-state index is 12.2. The summed E-state index contributed by atoms with van der Waals surface area (Å²) in [5.41, 5.74) is 4.42. The molecule has 6 nitrogen and oxygen atoms in total. The van der Waals surface area contributed by atoms with E-state index in [2.05, 4.69) is 22.3 Å². The van der Waals surface area contributed by atoms with E-state index in [1.54, 1.807) is 10.8 Å². The van der Waals surface area contributed by atoms with Crippen molar-refractivity contribution in [2.45, 2.75) is 33.2 Å². The number of pyridine rings is 1. The molecule has 0 aliphatic rings. The molecule has 0 radical (unpaired) electrons. The standard InChI is InChI=1S/C12H17N5O/c1-3-4-5-17-9-6-8(2)7-14-10(9)15-11(16-13)12(17)18/h6-7H,3-5,13H2,1-2H3,(H,14,15,16). The maximum Gasteiger partial charge on any atom is 0.295 e. The monoisotopic (exact) mass is 247 g/mol. The number of hydrogen-bond acceptors (Lipinski definition) is 5. The Balaban J connectivity index is 2.71. The van der Waals surface area contributed by atoms with Crippen molar-refractivity contribution in [1.82, 2.24) is 14.5 Å².